The molecule has 0 aliphatic carbocycles. The first-order valence-electron chi connectivity index (χ1n) is 6.79. The van der Waals surface area contributed by atoms with Crippen LogP contribution in [0.25, 0.3) is 0 Å². The van der Waals surface area contributed by atoms with Crippen molar-refractivity contribution in [1.29, 1.82) is 0 Å². The lowest BCUT2D eigenvalue weighted by Gasteiger charge is -2.10. The predicted molar refractivity (Wildman–Crippen MR) is 78.2 cm³/mol. The molecule has 2 nitrogen and oxygen atoms in total. The van der Waals surface area contributed by atoms with Crippen molar-refractivity contribution in [3.05, 3.63) is 35.9 Å². The molecule has 1 aromatic carbocycles. The Balaban J connectivity index is 2.19. The number of aliphatic hydroxyl groups excluding tert-OH is 1. The second-order valence-corrected chi connectivity index (χ2v) is 6.34. The van der Waals surface area contributed by atoms with Crippen molar-refractivity contribution < 1.29 is 9.32 Å². The summed E-state index contributed by atoms with van der Waals surface area (Å²) in [5.41, 5.74) is 1.10. The van der Waals surface area contributed by atoms with Crippen LogP contribution in [0, 0.1) is 0 Å². The van der Waals surface area contributed by atoms with Gasteiger partial charge in [0.25, 0.3) is 0 Å². The SMILES string of the molecule is CCCCCCS(=O)C[C@@H](O)Cc1ccccc1. The van der Waals surface area contributed by atoms with E-state index in [1.165, 1.54) is 12.8 Å². The maximum absolute atomic E-state index is 11.8. The van der Waals surface area contributed by atoms with Crippen molar-refractivity contribution in [2.45, 2.75) is 45.1 Å². The summed E-state index contributed by atoms with van der Waals surface area (Å²) >= 11 is 0. The molecule has 3 heteroatoms. The zero-order chi connectivity index (χ0) is 13.2. The second-order valence-electron chi connectivity index (χ2n) is 4.71. The van der Waals surface area contributed by atoms with Gasteiger partial charge in [-0.05, 0) is 18.4 Å². The molecule has 0 amide bonds. The zero-order valence-electron chi connectivity index (χ0n) is 11.2. The van der Waals surface area contributed by atoms with Gasteiger partial charge < -0.3 is 5.11 Å². The van der Waals surface area contributed by atoms with E-state index < -0.39 is 16.9 Å². The molecule has 0 radical (unpaired) electrons. The van der Waals surface area contributed by atoms with Gasteiger partial charge in [-0.2, -0.15) is 0 Å². The lowest BCUT2D eigenvalue weighted by Crippen LogP contribution is -2.20. The molecule has 1 aromatic rings. The fourth-order valence-corrected chi connectivity index (χ4v) is 3.17. The number of unbranched alkanes of at least 4 members (excludes halogenated alkanes) is 3. The van der Waals surface area contributed by atoms with E-state index in [0.29, 0.717) is 12.2 Å². The summed E-state index contributed by atoms with van der Waals surface area (Å²) in [6.07, 6.45) is 4.68. The normalized spacial score (nSPS) is 14.3. The number of rotatable bonds is 9. The molecule has 1 N–H and O–H groups in total. The van der Waals surface area contributed by atoms with Crippen LogP contribution in [0.5, 0.6) is 0 Å². The number of aliphatic hydroxyl groups is 1. The minimum Gasteiger partial charge on any atom is -0.392 e. The summed E-state index contributed by atoms with van der Waals surface area (Å²) in [5.74, 6) is 1.13. The van der Waals surface area contributed by atoms with Gasteiger partial charge in [-0.3, -0.25) is 4.21 Å². The Morgan fingerprint density at radius 3 is 2.56 bits per heavy atom. The Bertz CT molecular complexity index is 338. The smallest absolute Gasteiger partial charge is 0.0695 e. The maximum Gasteiger partial charge on any atom is 0.0695 e. The molecule has 1 rings (SSSR count). The van der Waals surface area contributed by atoms with Crippen molar-refractivity contribution in [3.8, 4) is 0 Å². The minimum atomic E-state index is -0.877. The fourth-order valence-electron chi connectivity index (χ4n) is 1.93. The number of benzene rings is 1. The van der Waals surface area contributed by atoms with E-state index in [1.54, 1.807) is 0 Å². The molecule has 0 saturated heterocycles. The quantitative estimate of drug-likeness (QED) is 0.699. The molecule has 1 unspecified atom stereocenters. The Kier molecular flexibility index (Phi) is 7.94. The largest absolute Gasteiger partial charge is 0.392 e. The Morgan fingerprint density at radius 2 is 1.89 bits per heavy atom. The highest BCUT2D eigenvalue weighted by Gasteiger charge is 2.10. The van der Waals surface area contributed by atoms with Crippen LogP contribution >= 0.6 is 0 Å². The van der Waals surface area contributed by atoms with Gasteiger partial charge in [0, 0.05) is 22.3 Å². The highest BCUT2D eigenvalue weighted by molar-refractivity contribution is 7.85. The number of hydrogen-bond donors (Lipinski definition) is 1. The van der Waals surface area contributed by atoms with Gasteiger partial charge in [-0.15, -0.1) is 0 Å². The van der Waals surface area contributed by atoms with E-state index in [9.17, 15) is 9.32 Å². The van der Waals surface area contributed by atoms with Crippen LogP contribution in [0.2, 0.25) is 0 Å². The van der Waals surface area contributed by atoms with E-state index >= 15 is 0 Å². The van der Waals surface area contributed by atoms with Gasteiger partial charge in [0.05, 0.1) is 6.10 Å². The summed E-state index contributed by atoms with van der Waals surface area (Å²) < 4.78 is 11.8. The topological polar surface area (TPSA) is 37.3 Å². The molecule has 0 saturated carbocycles. The molecule has 0 bridgehead atoms. The molecule has 102 valence electrons. The number of hydrogen-bond acceptors (Lipinski definition) is 2. The third kappa shape index (κ3) is 6.92. The average molecular weight is 268 g/mol. The maximum atomic E-state index is 11.8. The third-order valence-electron chi connectivity index (χ3n) is 2.92. The van der Waals surface area contributed by atoms with Crippen molar-refractivity contribution in [2.75, 3.05) is 11.5 Å². The van der Waals surface area contributed by atoms with Crippen LogP contribution in [-0.2, 0) is 17.2 Å². The van der Waals surface area contributed by atoms with E-state index in [4.69, 9.17) is 0 Å². The Morgan fingerprint density at radius 1 is 1.17 bits per heavy atom. The molecule has 0 spiro atoms. The summed E-state index contributed by atoms with van der Waals surface area (Å²) in [5, 5.41) is 9.88. The van der Waals surface area contributed by atoms with Gasteiger partial charge >= 0.3 is 0 Å². The molecule has 0 heterocycles. The van der Waals surface area contributed by atoms with Gasteiger partial charge in [-0.1, -0.05) is 56.5 Å². The van der Waals surface area contributed by atoms with Gasteiger partial charge in [0.15, 0.2) is 0 Å². The fraction of sp³-hybridized carbons (Fsp3) is 0.600. The molecule has 0 fully saturated rings. The molecule has 2 atom stereocenters. The molecular weight excluding hydrogens is 244 g/mol. The van der Waals surface area contributed by atoms with Crippen LogP contribution in [0.1, 0.15) is 38.2 Å². The first-order valence-corrected chi connectivity index (χ1v) is 8.28. The molecular formula is C15H24O2S. The van der Waals surface area contributed by atoms with E-state index in [-0.39, 0.29) is 0 Å². The molecule has 0 aliphatic heterocycles. The van der Waals surface area contributed by atoms with Crippen LogP contribution < -0.4 is 0 Å². The summed E-state index contributed by atoms with van der Waals surface area (Å²) in [7, 11) is -0.877. The van der Waals surface area contributed by atoms with Crippen molar-refractivity contribution >= 4 is 10.8 Å². The van der Waals surface area contributed by atoms with Crippen molar-refractivity contribution in [2.24, 2.45) is 0 Å². The standard InChI is InChI=1S/C15H24O2S/c1-2-3-4-8-11-18(17)13-15(16)12-14-9-6-5-7-10-14/h5-7,9-10,15-16H,2-4,8,11-13H2,1H3/t15-,18?/m0/s1. The molecule has 18 heavy (non-hydrogen) atoms. The summed E-state index contributed by atoms with van der Waals surface area (Å²) in [6.45, 7) is 2.17. The monoisotopic (exact) mass is 268 g/mol. The Labute approximate surface area is 113 Å². The van der Waals surface area contributed by atoms with E-state index in [1.807, 2.05) is 30.3 Å². The summed E-state index contributed by atoms with van der Waals surface area (Å²) in [6, 6.07) is 9.87. The van der Waals surface area contributed by atoms with Gasteiger partial charge in [-0.25, -0.2) is 0 Å². The predicted octanol–water partition coefficient (Wildman–Crippen LogP) is 2.92. The highest BCUT2D eigenvalue weighted by atomic mass is 32.2. The lowest BCUT2D eigenvalue weighted by atomic mass is 10.1. The van der Waals surface area contributed by atoms with Crippen LogP contribution in [-0.4, -0.2) is 26.9 Å². The van der Waals surface area contributed by atoms with Crippen molar-refractivity contribution in [1.82, 2.24) is 0 Å². The highest BCUT2D eigenvalue weighted by Crippen LogP contribution is 2.06. The third-order valence-corrected chi connectivity index (χ3v) is 4.42. The van der Waals surface area contributed by atoms with Crippen molar-refractivity contribution in [3.63, 3.8) is 0 Å². The first-order chi connectivity index (χ1) is 8.72. The van der Waals surface area contributed by atoms with Crippen LogP contribution in [0.4, 0.5) is 0 Å². The minimum absolute atomic E-state index is 0.404. The van der Waals surface area contributed by atoms with E-state index in [0.717, 1.165) is 24.2 Å². The molecule has 0 aliphatic rings. The van der Waals surface area contributed by atoms with Crippen LogP contribution in [0.15, 0.2) is 30.3 Å². The Hall–Kier alpha value is -0.670. The van der Waals surface area contributed by atoms with E-state index in [2.05, 4.69) is 6.92 Å². The van der Waals surface area contributed by atoms with Gasteiger partial charge in [0.1, 0.15) is 0 Å². The lowest BCUT2D eigenvalue weighted by molar-refractivity contribution is 0.199. The zero-order valence-corrected chi connectivity index (χ0v) is 12.0. The van der Waals surface area contributed by atoms with Crippen LogP contribution in [0.3, 0.4) is 0 Å². The summed E-state index contributed by atoms with van der Waals surface area (Å²) in [4.78, 5) is 0. The second kappa shape index (κ2) is 9.29. The van der Waals surface area contributed by atoms with Gasteiger partial charge in [0.2, 0.25) is 0 Å². The molecule has 0 aromatic heterocycles. The first kappa shape index (κ1) is 15.4. The average Bonchev–Trinajstić information content (AvgIpc) is 2.35.